The highest BCUT2D eigenvalue weighted by Crippen LogP contribution is 2.33. The van der Waals surface area contributed by atoms with Crippen molar-refractivity contribution in [2.75, 3.05) is 13.1 Å². The lowest BCUT2D eigenvalue weighted by Crippen LogP contribution is -2.32. The van der Waals surface area contributed by atoms with Gasteiger partial charge in [0.1, 0.15) is 17.2 Å². The second-order valence-electron chi connectivity index (χ2n) is 10.3. The first-order valence-electron chi connectivity index (χ1n) is 13.7. The number of imidazole rings is 1. The number of rotatable bonds is 6. The van der Waals surface area contributed by atoms with Crippen LogP contribution in [0.15, 0.2) is 97.3 Å². The third-order valence-corrected chi connectivity index (χ3v) is 7.69. The second kappa shape index (κ2) is 10.5. The molecule has 5 heterocycles. The number of piperidine rings is 1. The molecule has 1 fully saturated rings. The fraction of sp³-hybridized carbons (Fsp3) is 0.182. The van der Waals surface area contributed by atoms with Crippen LogP contribution in [0, 0.1) is 6.92 Å². The van der Waals surface area contributed by atoms with Crippen LogP contribution in [0.4, 0.5) is 0 Å². The van der Waals surface area contributed by atoms with Gasteiger partial charge in [-0.05, 0) is 61.3 Å². The van der Waals surface area contributed by atoms with E-state index in [-0.39, 0.29) is 0 Å². The van der Waals surface area contributed by atoms with Crippen LogP contribution in [-0.4, -0.2) is 47.5 Å². The standard InChI is InChI=1S/C33H28N7/c1-23-14-20-40-29(21-23)35-30(31(40)26-7-3-2-4-8-26)25-12-10-24(11-13-25)22-39-18-15-27(16-19-39)32-36-33(38-37-32)28-9-5-6-17-34-28/h2-14,17,20-21,27H,15-16,18-19,22H2,(H,36,37,38). The molecule has 0 amide bonds. The van der Waals surface area contributed by atoms with E-state index in [9.17, 15) is 0 Å². The molecule has 0 spiro atoms. The van der Waals surface area contributed by atoms with Gasteiger partial charge in [-0.25, -0.2) is 4.98 Å². The summed E-state index contributed by atoms with van der Waals surface area (Å²) in [5.74, 6) is 2.09. The van der Waals surface area contributed by atoms with E-state index in [0.717, 1.165) is 78.0 Å². The number of likely N-dealkylation sites (tertiary alicyclic amines) is 1. The molecule has 4 aromatic heterocycles. The average molecular weight is 523 g/mol. The molecule has 0 bridgehead atoms. The monoisotopic (exact) mass is 522 g/mol. The largest absolute Gasteiger partial charge is 0.323 e. The summed E-state index contributed by atoms with van der Waals surface area (Å²) in [6.07, 6.45) is 5.81. The van der Waals surface area contributed by atoms with Crippen LogP contribution in [0.3, 0.4) is 0 Å². The van der Waals surface area contributed by atoms with Gasteiger partial charge >= 0.3 is 0 Å². The highest BCUT2D eigenvalue weighted by Gasteiger charge is 2.24. The molecular weight excluding hydrogens is 494 g/mol. The fourth-order valence-electron chi connectivity index (χ4n) is 5.59. The molecule has 40 heavy (non-hydrogen) atoms. The third kappa shape index (κ3) is 4.80. The highest BCUT2D eigenvalue weighted by molar-refractivity contribution is 5.82. The summed E-state index contributed by atoms with van der Waals surface area (Å²) < 4.78 is 2.08. The van der Waals surface area contributed by atoms with Crippen LogP contribution in [0.5, 0.6) is 0 Å². The van der Waals surface area contributed by atoms with Crippen molar-refractivity contribution in [3.05, 3.63) is 121 Å². The minimum absolute atomic E-state index is 0.388. The van der Waals surface area contributed by atoms with E-state index in [1.165, 1.54) is 5.56 Å². The van der Waals surface area contributed by atoms with Crippen molar-refractivity contribution in [1.82, 2.24) is 34.4 Å². The van der Waals surface area contributed by atoms with Gasteiger partial charge in [0.05, 0.1) is 11.4 Å². The van der Waals surface area contributed by atoms with Gasteiger partial charge in [0.2, 0.25) is 0 Å². The van der Waals surface area contributed by atoms with E-state index in [1.54, 1.807) is 12.3 Å². The van der Waals surface area contributed by atoms with Gasteiger partial charge in [-0.2, -0.15) is 0 Å². The summed E-state index contributed by atoms with van der Waals surface area (Å²) in [5, 5.41) is 8.76. The molecule has 0 unspecified atom stereocenters. The predicted octanol–water partition coefficient (Wildman–Crippen LogP) is 6.16. The topological polar surface area (TPSA) is 75.0 Å². The number of benzene rings is 2. The van der Waals surface area contributed by atoms with Gasteiger partial charge in [0, 0.05) is 42.9 Å². The number of hydrogen-bond acceptors (Lipinski definition) is 5. The number of aromatic nitrogens is 6. The molecule has 7 nitrogen and oxygen atoms in total. The van der Waals surface area contributed by atoms with Crippen molar-refractivity contribution >= 4 is 5.65 Å². The highest BCUT2D eigenvalue weighted by atomic mass is 15.2. The zero-order valence-electron chi connectivity index (χ0n) is 22.0. The summed E-state index contributed by atoms with van der Waals surface area (Å²) >= 11 is 0. The smallest absolute Gasteiger partial charge is 0.179 e. The Balaban J connectivity index is 1.05. The average Bonchev–Trinajstić information content (AvgIpc) is 3.64. The van der Waals surface area contributed by atoms with Crippen LogP contribution < -0.4 is 0 Å². The van der Waals surface area contributed by atoms with Crippen molar-refractivity contribution in [2.45, 2.75) is 25.3 Å². The van der Waals surface area contributed by atoms with E-state index in [2.05, 4.69) is 65.9 Å². The molecule has 7 heteroatoms. The summed E-state index contributed by atoms with van der Waals surface area (Å²) in [5.41, 5.74) is 7.51. The molecule has 1 saturated heterocycles. The second-order valence-corrected chi connectivity index (χ2v) is 10.3. The van der Waals surface area contributed by atoms with Gasteiger partial charge < -0.3 is 4.98 Å². The molecule has 6 aromatic rings. The Labute approximate surface area is 233 Å². The summed E-state index contributed by atoms with van der Waals surface area (Å²) in [4.78, 5) is 15.2. The normalized spacial score (nSPS) is 14.6. The molecule has 2 aromatic carbocycles. The third-order valence-electron chi connectivity index (χ3n) is 7.69. The number of fused-ring (bicyclic) bond motifs is 1. The summed E-state index contributed by atoms with van der Waals surface area (Å²) in [6.45, 7) is 11.0. The maximum atomic E-state index is 8.05. The van der Waals surface area contributed by atoms with Crippen molar-refractivity contribution in [2.24, 2.45) is 0 Å². The molecular formula is C33H28N7. The Bertz CT molecular complexity index is 1730. The number of aromatic amines is 1. The van der Waals surface area contributed by atoms with E-state index < -0.39 is 0 Å². The molecule has 195 valence electrons. The van der Waals surface area contributed by atoms with Crippen molar-refractivity contribution in [3.8, 4) is 34.0 Å². The van der Waals surface area contributed by atoms with Gasteiger partial charge in [-0.3, -0.25) is 14.3 Å². The Morgan fingerprint density at radius 1 is 0.850 bits per heavy atom. The van der Waals surface area contributed by atoms with Crippen molar-refractivity contribution < 1.29 is 0 Å². The van der Waals surface area contributed by atoms with Crippen molar-refractivity contribution in [3.63, 3.8) is 0 Å². The van der Waals surface area contributed by atoms with Crippen LogP contribution >= 0.6 is 0 Å². The van der Waals surface area contributed by atoms with E-state index in [4.69, 9.17) is 11.9 Å². The molecule has 0 aliphatic carbocycles. The van der Waals surface area contributed by atoms with Gasteiger partial charge in [0.25, 0.3) is 0 Å². The maximum absolute atomic E-state index is 8.05. The Kier molecular flexibility index (Phi) is 6.42. The molecule has 0 atom stereocenters. The lowest BCUT2D eigenvalue weighted by atomic mass is 9.95. The molecule has 7 rings (SSSR count). The Hall–Kier alpha value is -4.62. The van der Waals surface area contributed by atoms with Crippen LogP contribution in [0.2, 0.25) is 0 Å². The van der Waals surface area contributed by atoms with E-state index in [0.29, 0.717) is 11.5 Å². The molecule has 0 saturated carbocycles. The summed E-state index contributed by atoms with van der Waals surface area (Å²) in [6, 6.07) is 28.5. The number of nitrogens with one attached hydrogen (secondary N) is 1. The first-order valence-corrected chi connectivity index (χ1v) is 13.7. The number of H-pyrrole nitrogens is 1. The van der Waals surface area contributed by atoms with Crippen LogP contribution in [0.1, 0.15) is 35.7 Å². The van der Waals surface area contributed by atoms with Gasteiger partial charge in [0.15, 0.2) is 5.82 Å². The van der Waals surface area contributed by atoms with Crippen molar-refractivity contribution in [1.29, 1.82) is 0 Å². The molecule has 1 aliphatic heterocycles. The van der Waals surface area contributed by atoms with Gasteiger partial charge in [-0.1, -0.05) is 60.7 Å². The zero-order chi connectivity index (χ0) is 26.9. The van der Waals surface area contributed by atoms with Crippen LogP contribution in [-0.2, 0) is 6.54 Å². The van der Waals surface area contributed by atoms with E-state index >= 15 is 0 Å². The number of hydrogen-bond donors (Lipinski definition) is 1. The fourth-order valence-corrected chi connectivity index (χ4v) is 5.59. The molecule has 3 radical (unpaired) electrons. The van der Waals surface area contributed by atoms with Crippen LogP contribution in [0.25, 0.3) is 39.7 Å². The molecule has 1 aliphatic rings. The van der Waals surface area contributed by atoms with E-state index in [1.807, 2.05) is 48.7 Å². The quantitative estimate of drug-likeness (QED) is 0.283. The first-order chi connectivity index (χ1) is 19.7. The summed E-state index contributed by atoms with van der Waals surface area (Å²) in [7, 11) is 0. The number of nitrogens with zero attached hydrogens (tertiary/aromatic N) is 6. The number of pyridine rings is 2. The van der Waals surface area contributed by atoms with Gasteiger partial charge in [-0.15, -0.1) is 10.2 Å². The molecule has 1 N–H and O–H groups in total. The lowest BCUT2D eigenvalue weighted by molar-refractivity contribution is 0.202. The first kappa shape index (κ1) is 24.4. The predicted molar refractivity (Wildman–Crippen MR) is 155 cm³/mol. The Morgan fingerprint density at radius 2 is 1.65 bits per heavy atom. The Morgan fingerprint density at radius 3 is 2.42 bits per heavy atom. The minimum Gasteiger partial charge on any atom is -0.323 e. The zero-order valence-corrected chi connectivity index (χ0v) is 22.0. The SMILES string of the molecule is [C]c1ccn2c(-c3ccccc3)c(-c3ccc(CN4CCC(c5nnc(-c6ccccn6)[nH]5)CC4)cc3)nc2c1. The maximum Gasteiger partial charge on any atom is 0.179 e. The lowest BCUT2D eigenvalue weighted by Gasteiger charge is -2.30. The minimum atomic E-state index is 0.388.